The van der Waals surface area contributed by atoms with Gasteiger partial charge in [-0.3, -0.25) is 19.3 Å². The second-order valence-electron chi connectivity index (χ2n) is 7.98. The molecule has 1 saturated heterocycles. The number of sulfonamides is 1. The second kappa shape index (κ2) is 8.23. The van der Waals surface area contributed by atoms with E-state index in [0.717, 1.165) is 4.90 Å². The van der Waals surface area contributed by atoms with Crippen molar-refractivity contribution in [1.82, 2.24) is 14.5 Å². The summed E-state index contributed by atoms with van der Waals surface area (Å²) in [4.78, 5) is 41.9. The summed E-state index contributed by atoms with van der Waals surface area (Å²) >= 11 is 0. The number of nitrogens with zero attached hydrogens (tertiary/aromatic N) is 2. The van der Waals surface area contributed by atoms with E-state index in [1.165, 1.54) is 11.9 Å². The number of fused-ring (bicyclic) bond motifs is 1. The first-order valence-electron chi connectivity index (χ1n) is 9.85. The Kier molecular flexibility index (Phi) is 6.09. The van der Waals surface area contributed by atoms with Gasteiger partial charge in [0.1, 0.15) is 6.04 Å². The SMILES string of the molecule is CNS(=O)(=O)CC1CCCN1C(=O)C(CC(C)C)N1C(=O)c2ccccc2C1=O. The second-order valence-corrected chi connectivity index (χ2v) is 9.96. The first-order valence-corrected chi connectivity index (χ1v) is 11.5. The highest BCUT2D eigenvalue weighted by Crippen LogP contribution is 2.29. The molecule has 8 nitrogen and oxygen atoms in total. The number of amides is 3. The van der Waals surface area contributed by atoms with Crippen LogP contribution in [0, 0.1) is 5.92 Å². The van der Waals surface area contributed by atoms with E-state index in [-0.39, 0.29) is 17.6 Å². The summed E-state index contributed by atoms with van der Waals surface area (Å²) in [6, 6.07) is 5.14. The van der Waals surface area contributed by atoms with Crippen molar-refractivity contribution < 1.29 is 22.8 Å². The number of benzene rings is 1. The molecule has 3 rings (SSSR count). The zero-order valence-electron chi connectivity index (χ0n) is 16.9. The zero-order chi connectivity index (χ0) is 21.3. The van der Waals surface area contributed by atoms with Crippen LogP contribution in [0.25, 0.3) is 0 Å². The molecule has 9 heteroatoms. The fourth-order valence-corrected chi connectivity index (χ4v) is 5.10. The minimum absolute atomic E-state index is 0.0651. The Labute approximate surface area is 171 Å². The van der Waals surface area contributed by atoms with Gasteiger partial charge in [-0.15, -0.1) is 0 Å². The van der Waals surface area contributed by atoms with Gasteiger partial charge in [-0.2, -0.15) is 0 Å². The largest absolute Gasteiger partial charge is 0.337 e. The molecule has 0 radical (unpaired) electrons. The van der Waals surface area contributed by atoms with Crippen LogP contribution in [0.3, 0.4) is 0 Å². The van der Waals surface area contributed by atoms with E-state index in [1.54, 1.807) is 24.3 Å². The van der Waals surface area contributed by atoms with E-state index in [0.29, 0.717) is 36.9 Å². The Hall–Kier alpha value is -2.26. The third-order valence-corrected chi connectivity index (χ3v) is 6.95. The van der Waals surface area contributed by atoms with Crippen LogP contribution in [-0.2, 0) is 14.8 Å². The van der Waals surface area contributed by atoms with E-state index in [2.05, 4.69) is 4.72 Å². The lowest BCUT2D eigenvalue weighted by atomic mass is 10.0. The van der Waals surface area contributed by atoms with Crippen LogP contribution in [0.4, 0.5) is 0 Å². The number of carbonyl (C=O) groups is 3. The van der Waals surface area contributed by atoms with Gasteiger partial charge in [-0.1, -0.05) is 26.0 Å². The average molecular weight is 422 g/mol. The molecule has 0 saturated carbocycles. The average Bonchev–Trinajstić information content (AvgIpc) is 3.22. The summed E-state index contributed by atoms with van der Waals surface area (Å²) in [6.07, 6.45) is 1.58. The minimum Gasteiger partial charge on any atom is -0.337 e. The number of hydrogen-bond donors (Lipinski definition) is 1. The van der Waals surface area contributed by atoms with Gasteiger partial charge in [-0.25, -0.2) is 13.1 Å². The van der Waals surface area contributed by atoms with Crippen molar-refractivity contribution in [2.45, 2.75) is 45.2 Å². The Morgan fingerprint density at radius 3 is 2.28 bits per heavy atom. The molecule has 1 N–H and O–H groups in total. The summed E-state index contributed by atoms with van der Waals surface area (Å²) in [5.74, 6) is -1.42. The molecule has 0 aromatic heterocycles. The van der Waals surface area contributed by atoms with Gasteiger partial charge in [0.15, 0.2) is 0 Å². The molecular weight excluding hydrogens is 394 g/mol. The van der Waals surface area contributed by atoms with Gasteiger partial charge in [-0.05, 0) is 44.4 Å². The number of rotatable bonds is 7. The van der Waals surface area contributed by atoms with Crippen molar-refractivity contribution in [1.29, 1.82) is 0 Å². The summed E-state index contributed by atoms with van der Waals surface area (Å²) < 4.78 is 26.3. The first-order chi connectivity index (χ1) is 13.7. The van der Waals surface area contributed by atoms with Gasteiger partial charge in [0.25, 0.3) is 11.8 Å². The van der Waals surface area contributed by atoms with Gasteiger partial charge in [0, 0.05) is 12.6 Å². The maximum Gasteiger partial charge on any atom is 0.262 e. The third kappa shape index (κ3) is 4.20. The maximum absolute atomic E-state index is 13.5. The molecule has 158 valence electrons. The monoisotopic (exact) mass is 421 g/mol. The first kappa shape index (κ1) is 21.4. The summed E-state index contributed by atoms with van der Waals surface area (Å²) in [6.45, 7) is 4.26. The molecule has 29 heavy (non-hydrogen) atoms. The lowest BCUT2D eigenvalue weighted by Crippen LogP contribution is -2.53. The lowest BCUT2D eigenvalue weighted by Gasteiger charge is -2.33. The van der Waals surface area contributed by atoms with Crippen LogP contribution >= 0.6 is 0 Å². The predicted octanol–water partition coefficient (Wildman–Crippen LogP) is 1.24. The van der Waals surface area contributed by atoms with Gasteiger partial charge >= 0.3 is 0 Å². The number of likely N-dealkylation sites (tertiary alicyclic amines) is 1. The van der Waals surface area contributed by atoms with E-state index < -0.39 is 33.9 Å². The van der Waals surface area contributed by atoms with Crippen molar-refractivity contribution in [3.8, 4) is 0 Å². The zero-order valence-corrected chi connectivity index (χ0v) is 17.7. The Morgan fingerprint density at radius 2 is 1.76 bits per heavy atom. The van der Waals surface area contributed by atoms with Crippen LogP contribution in [0.1, 0.15) is 53.8 Å². The number of carbonyl (C=O) groups excluding carboxylic acids is 3. The highest BCUT2D eigenvalue weighted by molar-refractivity contribution is 7.89. The Bertz CT molecular complexity index is 893. The molecule has 3 amide bonds. The van der Waals surface area contributed by atoms with Crippen LogP contribution in [0.2, 0.25) is 0 Å². The predicted molar refractivity (Wildman–Crippen MR) is 108 cm³/mol. The Morgan fingerprint density at radius 1 is 1.17 bits per heavy atom. The number of nitrogens with one attached hydrogen (secondary N) is 1. The molecule has 0 aliphatic carbocycles. The van der Waals surface area contributed by atoms with Crippen LogP contribution in [0.15, 0.2) is 24.3 Å². The Balaban J connectivity index is 1.90. The number of imide groups is 1. The number of hydrogen-bond acceptors (Lipinski definition) is 5. The highest BCUT2D eigenvalue weighted by Gasteiger charge is 2.45. The molecule has 1 fully saturated rings. The highest BCUT2D eigenvalue weighted by atomic mass is 32.2. The molecule has 2 aliphatic rings. The van der Waals surface area contributed by atoms with Gasteiger partial charge in [0.05, 0.1) is 16.9 Å². The quantitative estimate of drug-likeness (QED) is 0.667. The molecule has 2 atom stereocenters. The van der Waals surface area contributed by atoms with Crippen LogP contribution in [-0.4, -0.2) is 67.4 Å². The van der Waals surface area contributed by atoms with Crippen LogP contribution in [0.5, 0.6) is 0 Å². The van der Waals surface area contributed by atoms with Crippen LogP contribution < -0.4 is 4.72 Å². The van der Waals surface area contributed by atoms with Gasteiger partial charge in [0.2, 0.25) is 15.9 Å². The smallest absolute Gasteiger partial charge is 0.262 e. The molecule has 1 aromatic carbocycles. The fraction of sp³-hybridized carbons (Fsp3) is 0.550. The topological polar surface area (TPSA) is 104 Å². The standard InChI is InChI=1S/C20H27N3O5S/c1-13(2)11-17(23-18(24)15-8-4-5-9-16(15)19(23)25)20(26)22-10-6-7-14(22)12-29(27,28)21-3/h4-5,8-9,13-14,17,21H,6-7,10-12H2,1-3H3. The summed E-state index contributed by atoms with van der Waals surface area (Å²) in [5, 5.41) is 0. The maximum atomic E-state index is 13.5. The normalized spacial score (nSPS) is 20.5. The van der Waals surface area contributed by atoms with E-state index >= 15 is 0 Å². The van der Waals surface area contributed by atoms with Crippen molar-refractivity contribution in [2.24, 2.45) is 5.92 Å². The lowest BCUT2D eigenvalue weighted by molar-refractivity contribution is -0.136. The summed E-state index contributed by atoms with van der Waals surface area (Å²) in [7, 11) is -2.15. The van der Waals surface area contributed by atoms with E-state index in [1.807, 2.05) is 13.8 Å². The molecule has 2 heterocycles. The fourth-order valence-electron chi connectivity index (χ4n) is 4.08. The molecule has 2 aliphatic heterocycles. The third-order valence-electron chi connectivity index (χ3n) is 5.50. The van der Waals surface area contributed by atoms with Gasteiger partial charge < -0.3 is 4.90 Å². The summed E-state index contributed by atoms with van der Waals surface area (Å²) in [5.41, 5.74) is 0.601. The van der Waals surface area contributed by atoms with Crippen molar-refractivity contribution in [2.75, 3.05) is 19.3 Å². The minimum atomic E-state index is -3.49. The van der Waals surface area contributed by atoms with Crippen molar-refractivity contribution in [3.63, 3.8) is 0 Å². The molecule has 2 unspecified atom stereocenters. The molecular formula is C20H27N3O5S. The molecule has 1 aromatic rings. The van der Waals surface area contributed by atoms with Crippen molar-refractivity contribution >= 4 is 27.7 Å². The van der Waals surface area contributed by atoms with E-state index in [9.17, 15) is 22.8 Å². The molecule has 0 spiro atoms. The van der Waals surface area contributed by atoms with Crippen molar-refractivity contribution in [3.05, 3.63) is 35.4 Å². The van der Waals surface area contributed by atoms with E-state index in [4.69, 9.17) is 0 Å². The molecule has 0 bridgehead atoms.